The van der Waals surface area contributed by atoms with E-state index in [-0.39, 0.29) is 11.6 Å². The smallest absolute Gasteiger partial charge is 0.373 e. The highest BCUT2D eigenvalue weighted by atomic mass is 28.4. The van der Waals surface area contributed by atoms with Crippen molar-refractivity contribution in [3.05, 3.63) is 0 Å². The molecule has 0 aliphatic rings. The molecule has 0 aromatic rings. The molecular weight excluding hydrogens is 310 g/mol. The van der Waals surface area contributed by atoms with Crippen LogP contribution in [0, 0.1) is 0 Å². The molecule has 1 atom stereocenters. The van der Waals surface area contributed by atoms with Crippen molar-refractivity contribution in [1.29, 1.82) is 0 Å². The van der Waals surface area contributed by atoms with Crippen molar-refractivity contribution in [1.82, 2.24) is 5.32 Å². The van der Waals surface area contributed by atoms with Crippen LogP contribution in [-0.2, 0) is 18.1 Å². The summed E-state index contributed by atoms with van der Waals surface area (Å²) >= 11 is 0. The molecule has 0 radical (unpaired) electrons. The first-order valence-electron chi connectivity index (χ1n) is 9.31. The van der Waals surface area contributed by atoms with Crippen LogP contribution < -0.4 is 5.32 Å². The Kier molecular flexibility index (Phi) is 13.7. The van der Waals surface area contributed by atoms with Crippen LogP contribution in [0.25, 0.3) is 0 Å². The second kappa shape index (κ2) is 14.0. The second-order valence-electron chi connectivity index (χ2n) is 5.60. The van der Waals surface area contributed by atoms with Gasteiger partial charge in [0.2, 0.25) is 5.91 Å². The molecule has 0 spiro atoms. The first-order chi connectivity index (χ1) is 11.1. The van der Waals surface area contributed by atoms with Gasteiger partial charge in [-0.3, -0.25) is 4.79 Å². The lowest BCUT2D eigenvalue weighted by molar-refractivity contribution is -0.122. The van der Waals surface area contributed by atoms with E-state index >= 15 is 0 Å². The van der Waals surface area contributed by atoms with Crippen LogP contribution in [0.1, 0.15) is 79.6 Å². The zero-order valence-corrected chi connectivity index (χ0v) is 16.8. The number of amides is 1. The van der Waals surface area contributed by atoms with E-state index in [2.05, 4.69) is 12.2 Å². The van der Waals surface area contributed by atoms with Crippen LogP contribution in [0.4, 0.5) is 0 Å². The van der Waals surface area contributed by atoms with Gasteiger partial charge in [-0.15, -0.1) is 0 Å². The standard InChI is InChI=1S/C17H37NO4Si/c1-6-11-12-13-14-15-16(19)18-17(7-2)23(20-8-3,21-9-4)22-10-5/h17H,6-15H2,1-5H3,(H,18,19). The minimum atomic E-state index is -2.88. The molecule has 1 unspecified atom stereocenters. The van der Waals surface area contributed by atoms with Crippen molar-refractivity contribution in [3.63, 3.8) is 0 Å². The molecular formula is C17H37NO4Si. The van der Waals surface area contributed by atoms with Gasteiger partial charge in [0.1, 0.15) is 0 Å². The molecule has 0 rings (SSSR count). The van der Waals surface area contributed by atoms with E-state index < -0.39 is 8.80 Å². The molecule has 0 aromatic carbocycles. The highest BCUT2D eigenvalue weighted by Crippen LogP contribution is 2.18. The first kappa shape index (κ1) is 22.6. The van der Waals surface area contributed by atoms with Gasteiger partial charge in [0.05, 0.1) is 5.67 Å². The monoisotopic (exact) mass is 347 g/mol. The highest BCUT2D eigenvalue weighted by Gasteiger charge is 2.49. The van der Waals surface area contributed by atoms with Crippen molar-refractivity contribution in [2.45, 2.75) is 85.2 Å². The number of hydrogen-bond donors (Lipinski definition) is 1. The van der Waals surface area contributed by atoms with Crippen molar-refractivity contribution >= 4 is 14.7 Å². The molecule has 5 nitrogen and oxygen atoms in total. The minimum Gasteiger partial charge on any atom is -0.373 e. The molecule has 138 valence electrons. The van der Waals surface area contributed by atoms with E-state index in [1.54, 1.807) is 0 Å². The van der Waals surface area contributed by atoms with E-state index in [1.807, 2.05) is 27.7 Å². The normalized spacial score (nSPS) is 13.1. The van der Waals surface area contributed by atoms with Crippen molar-refractivity contribution in [2.24, 2.45) is 0 Å². The maximum atomic E-state index is 12.2. The van der Waals surface area contributed by atoms with Gasteiger partial charge >= 0.3 is 8.80 Å². The lowest BCUT2D eigenvalue weighted by atomic mass is 10.1. The van der Waals surface area contributed by atoms with Gasteiger partial charge in [-0.25, -0.2) is 0 Å². The van der Waals surface area contributed by atoms with Crippen molar-refractivity contribution < 1.29 is 18.1 Å². The quantitative estimate of drug-likeness (QED) is 0.361. The Morgan fingerprint density at radius 1 is 0.870 bits per heavy atom. The molecule has 0 fully saturated rings. The Morgan fingerprint density at radius 2 is 1.39 bits per heavy atom. The minimum absolute atomic E-state index is 0.0735. The fourth-order valence-corrected chi connectivity index (χ4v) is 5.52. The van der Waals surface area contributed by atoms with Crippen molar-refractivity contribution in [2.75, 3.05) is 19.8 Å². The summed E-state index contributed by atoms with van der Waals surface area (Å²) in [6, 6.07) is 0. The number of hydrogen-bond acceptors (Lipinski definition) is 4. The molecule has 23 heavy (non-hydrogen) atoms. The van der Waals surface area contributed by atoms with Gasteiger partial charge < -0.3 is 18.6 Å². The van der Waals surface area contributed by atoms with Gasteiger partial charge in [0.15, 0.2) is 0 Å². The molecule has 0 heterocycles. The zero-order valence-electron chi connectivity index (χ0n) is 15.8. The lowest BCUT2D eigenvalue weighted by Gasteiger charge is -2.35. The van der Waals surface area contributed by atoms with E-state index in [1.165, 1.54) is 19.3 Å². The summed E-state index contributed by atoms with van der Waals surface area (Å²) in [5, 5.41) is 3.10. The SMILES string of the molecule is CCCCCCCC(=O)NC(CC)[Si](OCC)(OCC)OCC. The molecule has 0 bridgehead atoms. The first-order valence-corrected chi connectivity index (χ1v) is 11.1. The Bertz CT molecular complexity index is 285. The van der Waals surface area contributed by atoms with Crippen LogP contribution in [0.5, 0.6) is 0 Å². The van der Waals surface area contributed by atoms with E-state index in [9.17, 15) is 4.79 Å². The predicted molar refractivity (Wildman–Crippen MR) is 96.2 cm³/mol. The average Bonchev–Trinajstić information content (AvgIpc) is 2.53. The van der Waals surface area contributed by atoms with Gasteiger partial charge in [-0.2, -0.15) is 0 Å². The van der Waals surface area contributed by atoms with Gasteiger partial charge in [-0.1, -0.05) is 39.5 Å². The average molecular weight is 348 g/mol. The molecule has 6 heteroatoms. The third kappa shape index (κ3) is 8.84. The number of carbonyl (C=O) groups excluding carboxylic acids is 1. The summed E-state index contributed by atoms with van der Waals surface area (Å²) < 4.78 is 17.7. The molecule has 0 aliphatic heterocycles. The third-order valence-corrected chi connectivity index (χ3v) is 7.19. The van der Waals surface area contributed by atoms with Gasteiger partial charge in [-0.05, 0) is 33.6 Å². The van der Waals surface area contributed by atoms with Crippen LogP contribution in [-0.4, -0.2) is 40.2 Å². The maximum Gasteiger partial charge on any atom is 0.524 e. The van der Waals surface area contributed by atoms with Gasteiger partial charge in [0, 0.05) is 26.2 Å². The van der Waals surface area contributed by atoms with Crippen LogP contribution in [0.2, 0.25) is 0 Å². The zero-order chi connectivity index (χ0) is 17.6. The van der Waals surface area contributed by atoms with Gasteiger partial charge in [0.25, 0.3) is 0 Å². The van der Waals surface area contributed by atoms with E-state index in [0.29, 0.717) is 26.2 Å². The van der Waals surface area contributed by atoms with E-state index in [4.69, 9.17) is 13.3 Å². The van der Waals surface area contributed by atoms with E-state index in [0.717, 1.165) is 19.3 Å². The van der Waals surface area contributed by atoms with Crippen LogP contribution >= 0.6 is 0 Å². The molecule has 0 saturated carbocycles. The number of rotatable bonds is 15. The summed E-state index contributed by atoms with van der Waals surface area (Å²) in [5.74, 6) is 0.0735. The lowest BCUT2D eigenvalue weighted by Crippen LogP contribution is -2.62. The molecule has 0 aromatic heterocycles. The predicted octanol–water partition coefficient (Wildman–Crippen LogP) is 3.83. The molecule has 0 saturated heterocycles. The Labute approximate surface area is 143 Å². The van der Waals surface area contributed by atoms with Crippen molar-refractivity contribution in [3.8, 4) is 0 Å². The van der Waals surface area contributed by atoms with Crippen LogP contribution in [0.3, 0.4) is 0 Å². The summed E-state index contributed by atoms with van der Waals surface area (Å²) in [6.45, 7) is 11.6. The summed E-state index contributed by atoms with van der Waals surface area (Å²) in [4.78, 5) is 12.2. The van der Waals surface area contributed by atoms with Crippen LogP contribution in [0.15, 0.2) is 0 Å². The Hall–Kier alpha value is -0.433. The topological polar surface area (TPSA) is 56.8 Å². The number of carbonyl (C=O) groups is 1. The number of unbranched alkanes of at least 4 members (excludes halogenated alkanes) is 4. The fraction of sp³-hybridized carbons (Fsp3) is 0.941. The third-order valence-electron chi connectivity index (χ3n) is 3.71. The highest BCUT2D eigenvalue weighted by molar-refractivity contribution is 6.62. The second-order valence-corrected chi connectivity index (χ2v) is 8.37. The largest absolute Gasteiger partial charge is 0.524 e. The molecule has 0 aliphatic carbocycles. The maximum absolute atomic E-state index is 12.2. The molecule has 1 N–H and O–H groups in total. The Balaban J connectivity index is 4.62. The molecule has 1 amide bonds. The summed E-state index contributed by atoms with van der Waals surface area (Å²) in [6.07, 6.45) is 7.03. The fourth-order valence-electron chi connectivity index (χ4n) is 2.63. The Morgan fingerprint density at radius 3 is 1.83 bits per heavy atom. The summed E-state index contributed by atoms with van der Waals surface area (Å²) in [5.41, 5.74) is -0.175. The summed E-state index contributed by atoms with van der Waals surface area (Å²) in [7, 11) is -2.88. The number of nitrogens with one attached hydrogen (secondary N) is 1.